The molecule has 0 heterocycles. The van der Waals surface area contributed by atoms with Crippen molar-refractivity contribution in [2.75, 3.05) is 10.6 Å². The average Bonchev–Trinajstić information content (AvgIpc) is 2.68. The standard InChI is InChI=1S/C16H11F7N2O6S2/c17-13(18)15(19,20)33(29,30)31-11-5-1-9(2-6-11)24-14(26)25-10-3-7-12(8-4-10)32(27,28)16(21,22)23/h1-8,13H,(H2,24,25,26). The summed E-state index contributed by atoms with van der Waals surface area (Å²) in [7, 11) is -11.6. The van der Waals surface area contributed by atoms with Crippen molar-refractivity contribution < 1.29 is 56.5 Å². The maximum atomic E-state index is 13.0. The summed E-state index contributed by atoms with van der Waals surface area (Å²) in [4.78, 5) is 10.9. The molecule has 0 saturated heterocycles. The highest BCUT2D eigenvalue weighted by Crippen LogP contribution is 2.32. The molecule has 0 atom stereocenters. The Bertz CT molecular complexity index is 1210. The number of sulfone groups is 1. The number of rotatable bonds is 7. The molecule has 0 bridgehead atoms. The van der Waals surface area contributed by atoms with Crippen molar-refractivity contribution in [3.05, 3.63) is 48.5 Å². The summed E-state index contributed by atoms with van der Waals surface area (Å²) >= 11 is 0. The van der Waals surface area contributed by atoms with Crippen LogP contribution in [0.5, 0.6) is 5.75 Å². The van der Waals surface area contributed by atoms with Gasteiger partial charge in [-0.3, -0.25) is 0 Å². The van der Waals surface area contributed by atoms with Crippen LogP contribution in [0.2, 0.25) is 0 Å². The minimum absolute atomic E-state index is 0.0610. The van der Waals surface area contributed by atoms with Gasteiger partial charge in [-0.1, -0.05) is 0 Å². The lowest BCUT2D eigenvalue weighted by Gasteiger charge is -2.16. The first-order valence-electron chi connectivity index (χ1n) is 8.17. The van der Waals surface area contributed by atoms with Crippen LogP contribution in [0.25, 0.3) is 0 Å². The number of anilines is 2. The summed E-state index contributed by atoms with van der Waals surface area (Å²) in [5.41, 5.74) is -5.67. The van der Waals surface area contributed by atoms with E-state index in [2.05, 4.69) is 14.8 Å². The molecule has 2 aromatic rings. The fraction of sp³-hybridized carbons (Fsp3) is 0.188. The van der Waals surface area contributed by atoms with Crippen LogP contribution >= 0.6 is 0 Å². The Balaban J connectivity index is 2.03. The third kappa shape index (κ3) is 5.84. The van der Waals surface area contributed by atoms with Gasteiger partial charge in [0.25, 0.3) is 9.84 Å². The molecule has 0 aromatic heterocycles. The Morgan fingerprint density at radius 2 is 1.21 bits per heavy atom. The molecule has 0 unspecified atom stereocenters. The van der Waals surface area contributed by atoms with Crippen LogP contribution in [-0.2, 0) is 20.0 Å². The van der Waals surface area contributed by atoms with Gasteiger partial charge >= 0.3 is 33.3 Å². The van der Waals surface area contributed by atoms with Gasteiger partial charge in [-0.05, 0) is 48.5 Å². The predicted octanol–water partition coefficient (Wildman–Crippen LogP) is 4.19. The lowest BCUT2D eigenvalue weighted by atomic mass is 10.3. The van der Waals surface area contributed by atoms with E-state index < -0.39 is 53.8 Å². The molecule has 182 valence electrons. The van der Waals surface area contributed by atoms with Crippen LogP contribution in [0, 0.1) is 0 Å². The summed E-state index contributed by atoms with van der Waals surface area (Å²) in [6, 6.07) is 5.46. The number of benzene rings is 2. The SMILES string of the molecule is O=C(Nc1ccc(OS(=O)(=O)C(F)(F)C(F)F)cc1)Nc1ccc(S(=O)(=O)C(F)(F)F)cc1. The number of hydrogen-bond donors (Lipinski definition) is 2. The van der Waals surface area contributed by atoms with Crippen molar-refractivity contribution in [2.24, 2.45) is 0 Å². The van der Waals surface area contributed by atoms with Crippen LogP contribution in [0.4, 0.5) is 46.9 Å². The number of amides is 2. The molecular formula is C16H11F7N2O6S2. The number of carbonyl (C=O) groups excluding carboxylic acids is 1. The fourth-order valence-corrected chi connectivity index (χ4v) is 3.49. The Labute approximate surface area is 181 Å². The number of urea groups is 1. The molecule has 0 saturated carbocycles. The van der Waals surface area contributed by atoms with E-state index in [9.17, 15) is 52.4 Å². The van der Waals surface area contributed by atoms with Crippen molar-refractivity contribution in [3.8, 4) is 5.75 Å². The van der Waals surface area contributed by atoms with E-state index in [-0.39, 0.29) is 11.4 Å². The third-order valence-electron chi connectivity index (χ3n) is 3.63. The molecule has 0 fully saturated rings. The van der Waals surface area contributed by atoms with Crippen molar-refractivity contribution in [2.45, 2.75) is 22.1 Å². The molecule has 2 rings (SSSR count). The second-order valence-electron chi connectivity index (χ2n) is 5.98. The summed E-state index contributed by atoms with van der Waals surface area (Å²) in [6.07, 6.45) is -4.53. The summed E-state index contributed by atoms with van der Waals surface area (Å²) in [6.45, 7) is 0. The number of alkyl halides is 7. The van der Waals surface area contributed by atoms with Gasteiger partial charge in [0.1, 0.15) is 5.75 Å². The largest absolute Gasteiger partial charge is 0.501 e. The first kappa shape index (κ1) is 26.2. The van der Waals surface area contributed by atoms with Gasteiger partial charge in [0, 0.05) is 11.4 Å². The lowest BCUT2D eigenvalue weighted by Crippen LogP contribution is -2.39. The monoisotopic (exact) mass is 524 g/mol. The molecule has 0 spiro atoms. The van der Waals surface area contributed by atoms with Crippen molar-refractivity contribution in [1.82, 2.24) is 0 Å². The Morgan fingerprint density at radius 1 is 0.788 bits per heavy atom. The van der Waals surface area contributed by atoms with Crippen LogP contribution in [-0.4, -0.2) is 40.1 Å². The zero-order chi connectivity index (χ0) is 25.2. The maximum Gasteiger partial charge on any atom is 0.501 e. The van der Waals surface area contributed by atoms with E-state index in [1.165, 1.54) is 0 Å². The van der Waals surface area contributed by atoms with Crippen molar-refractivity contribution in [1.29, 1.82) is 0 Å². The van der Waals surface area contributed by atoms with Gasteiger partial charge in [-0.2, -0.15) is 30.4 Å². The summed E-state index contributed by atoms with van der Waals surface area (Å²) in [5, 5.41) is -1.13. The topological polar surface area (TPSA) is 119 Å². The molecule has 0 radical (unpaired) electrons. The number of hydrogen-bond acceptors (Lipinski definition) is 6. The minimum atomic E-state index is -6.01. The molecule has 8 nitrogen and oxygen atoms in total. The Morgan fingerprint density at radius 3 is 1.61 bits per heavy atom. The van der Waals surface area contributed by atoms with E-state index in [1.54, 1.807) is 0 Å². The zero-order valence-corrected chi connectivity index (χ0v) is 17.2. The first-order valence-corrected chi connectivity index (χ1v) is 11.1. The van der Waals surface area contributed by atoms with E-state index in [4.69, 9.17) is 0 Å². The van der Waals surface area contributed by atoms with Gasteiger partial charge in [0.05, 0.1) is 4.90 Å². The molecule has 0 aliphatic heterocycles. The van der Waals surface area contributed by atoms with Crippen LogP contribution in [0.1, 0.15) is 0 Å². The number of halogens is 7. The smallest absolute Gasteiger partial charge is 0.378 e. The summed E-state index contributed by atoms with van der Waals surface area (Å²) < 4.78 is 137. The van der Waals surface area contributed by atoms with Gasteiger partial charge in [0.2, 0.25) is 0 Å². The molecule has 2 amide bonds. The van der Waals surface area contributed by atoms with Crippen LogP contribution in [0.3, 0.4) is 0 Å². The van der Waals surface area contributed by atoms with Crippen molar-refractivity contribution >= 4 is 37.4 Å². The quantitative estimate of drug-likeness (QED) is 0.414. The van der Waals surface area contributed by atoms with E-state index in [1.807, 2.05) is 0 Å². The maximum absolute atomic E-state index is 13.0. The van der Waals surface area contributed by atoms with Gasteiger partial charge < -0.3 is 14.8 Å². The second kappa shape index (κ2) is 9.05. The van der Waals surface area contributed by atoms with E-state index >= 15 is 0 Å². The highest BCUT2D eigenvalue weighted by Gasteiger charge is 2.56. The third-order valence-corrected chi connectivity index (χ3v) is 6.39. The van der Waals surface area contributed by atoms with Gasteiger partial charge in [-0.15, -0.1) is 0 Å². The Hall–Kier alpha value is -3.08. The predicted molar refractivity (Wildman–Crippen MR) is 99.3 cm³/mol. The molecular weight excluding hydrogens is 513 g/mol. The highest BCUT2D eigenvalue weighted by molar-refractivity contribution is 7.92. The molecule has 17 heteroatoms. The minimum Gasteiger partial charge on any atom is -0.378 e. The van der Waals surface area contributed by atoms with Crippen molar-refractivity contribution in [3.63, 3.8) is 0 Å². The van der Waals surface area contributed by atoms with Crippen LogP contribution in [0.15, 0.2) is 53.4 Å². The van der Waals surface area contributed by atoms with Crippen LogP contribution < -0.4 is 14.8 Å². The number of carbonyl (C=O) groups is 1. The molecule has 2 aromatic carbocycles. The van der Waals surface area contributed by atoms with E-state index in [0.29, 0.717) is 12.1 Å². The molecule has 2 N–H and O–H groups in total. The highest BCUT2D eigenvalue weighted by atomic mass is 32.2. The normalized spacial score (nSPS) is 13.0. The summed E-state index contributed by atoms with van der Waals surface area (Å²) in [5.74, 6) is -0.761. The average molecular weight is 524 g/mol. The molecule has 33 heavy (non-hydrogen) atoms. The molecule has 0 aliphatic carbocycles. The number of nitrogens with one attached hydrogen (secondary N) is 2. The lowest BCUT2D eigenvalue weighted by molar-refractivity contribution is -0.0680. The van der Waals surface area contributed by atoms with E-state index in [0.717, 1.165) is 36.4 Å². The first-order chi connectivity index (χ1) is 15.0. The Kier molecular flexibility index (Phi) is 7.18. The van der Waals surface area contributed by atoms with Gasteiger partial charge in [0.15, 0.2) is 0 Å². The molecule has 0 aliphatic rings. The fourth-order valence-electron chi connectivity index (χ4n) is 2.03. The van der Waals surface area contributed by atoms with Gasteiger partial charge in [-0.25, -0.2) is 22.0 Å². The second-order valence-corrected chi connectivity index (χ2v) is 9.54. The zero-order valence-electron chi connectivity index (χ0n) is 15.6.